The van der Waals surface area contributed by atoms with Gasteiger partial charge in [-0.25, -0.2) is 19.6 Å². The smallest absolute Gasteiger partial charge is 0.255 e. The first-order valence-electron chi connectivity index (χ1n) is 8.25. The van der Waals surface area contributed by atoms with Crippen LogP contribution in [0.1, 0.15) is 34.2 Å². The molecule has 7 nitrogen and oxygen atoms in total. The first-order chi connectivity index (χ1) is 12.2. The number of hydrogen-bond acceptors (Lipinski definition) is 5. The van der Waals surface area contributed by atoms with Gasteiger partial charge in [0.25, 0.3) is 5.91 Å². The summed E-state index contributed by atoms with van der Waals surface area (Å²) >= 11 is 0. The Morgan fingerprint density at radius 2 is 2.12 bits per heavy atom. The molecule has 25 heavy (non-hydrogen) atoms. The summed E-state index contributed by atoms with van der Waals surface area (Å²) in [7, 11) is 0. The van der Waals surface area contributed by atoms with Gasteiger partial charge in [-0.1, -0.05) is 0 Å². The number of hydrogen-bond donors (Lipinski definition) is 0. The van der Waals surface area contributed by atoms with Gasteiger partial charge in [-0.2, -0.15) is 5.10 Å². The summed E-state index contributed by atoms with van der Waals surface area (Å²) in [5.41, 5.74) is 1.54. The summed E-state index contributed by atoms with van der Waals surface area (Å²) in [6.45, 7) is 3.31. The zero-order valence-corrected chi connectivity index (χ0v) is 13.9. The van der Waals surface area contributed by atoms with E-state index in [1.807, 2.05) is 30.2 Å². The van der Waals surface area contributed by atoms with Crippen LogP contribution in [0.4, 0.5) is 0 Å². The number of nitrogens with zero attached hydrogens (tertiary/aromatic N) is 6. The average molecular weight is 334 g/mol. The maximum Gasteiger partial charge on any atom is 0.255 e. The number of carbonyl (C=O) groups excluding carboxylic acids is 1. The van der Waals surface area contributed by atoms with Crippen molar-refractivity contribution < 1.29 is 4.79 Å². The molecule has 0 aromatic carbocycles. The zero-order valence-electron chi connectivity index (χ0n) is 13.9. The highest BCUT2D eigenvalue weighted by molar-refractivity contribution is 5.94. The average Bonchev–Trinajstić information content (AvgIpc) is 3.33. The van der Waals surface area contributed by atoms with Crippen molar-refractivity contribution in [3.05, 3.63) is 66.1 Å². The molecule has 7 heteroatoms. The van der Waals surface area contributed by atoms with Gasteiger partial charge < -0.3 is 4.90 Å². The van der Waals surface area contributed by atoms with Gasteiger partial charge in [0.1, 0.15) is 5.82 Å². The minimum atomic E-state index is -0.00494. The Balaban J connectivity index is 1.46. The van der Waals surface area contributed by atoms with Crippen LogP contribution in [0.5, 0.6) is 0 Å². The topological polar surface area (TPSA) is 76.8 Å². The lowest BCUT2D eigenvalue weighted by Gasteiger charge is -2.16. The second-order valence-corrected chi connectivity index (χ2v) is 6.15. The van der Waals surface area contributed by atoms with Crippen LogP contribution < -0.4 is 0 Å². The van der Waals surface area contributed by atoms with Gasteiger partial charge in [0.15, 0.2) is 5.82 Å². The molecule has 1 saturated heterocycles. The van der Waals surface area contributed by atoms with Crippen LogP contribution in [0, 0.1) is 6.92 Å². The molecule has 1 aliphatic rings. The normalized spacial score (nSPS) is 17.0. The Labute approximate surface area is 145 Å². The minimum Gasteiger partial charge on any atom is -0.338 e. The standard InChI is InChI=1S/C18H18N6O/c1-13-5-8-19-17(22-13)15-6-10-23(12-15)18(25)14-3-4-16(20-11-14)24-9-2-7-21-24/h2-5,7-9,11,15H,6,10,12H2,1H3/t15-/m0/s1. The first kappa shape index (κ1) is 15.4. The van der Waals surface area contributed by atoms with Crippen LogP contribution in [0.15, 0.2) is 49.1 Å². The Morgan fingerprint density at radius 3 is 2.84 bits per heavy atom. The van der Waals surface area contributed by atoms with Crippen LogP contribution in [0.2, 0.25) is 0 Å². The van der Waals surface area contributed by atoms with Crippen LogP contribution in [0.3, 0.4) is 0 Å². The fourth-order valence-corrected chi connectivity index (χ4v) is 3.06. The molecule has 3 aromatic rings. The van der Waals surface area contributed by atoms with Crippen LogP contribution in [0.25, 0.3) is 5.82 Å². The minimum absolute atomic E-state index is 0.00494. The van der Waals surface area contributed by atoms with E-state index in [0.717, 1.165) is 17.9 Å². The van der Waals surface area contributed by atoms with E-state index in [2.05, 4.69) is 20.1 Å². The Bertz CT molecular complexity index is 875. The largest absolute Gasteiger partial charge is 0.338 e. The van der Waals surface area contributed by atoms with Gasteiger partial charge >= 0.3 is 0 Å². The van der Waals surface area contributed by atoms with Crippen LogP contribution in [-0.4, -0.2) is 48.6 Å². The molecule has 0 aliphatic carbocycles. The molecule has 4 rings (SSSR count). The van der Waals surface area contributed by atoms with Gasteiger partial charge in [-0.15, -0.1) is 0 Å². The van der Waals surface area contributed by atoms with Gasteiger partial charge in [0.2, 0.25) is 0 Å². The summed E-state index contributed by atoms with van der Waals surface area (Å²) < 4.78 is 1.66. The van der Waals surface area contributed by atoms with E-state index in [0.29, 0.717) is 24.5 Å². The highest BCUT2D eigenvalue weighted by Crippen LogP contribution is 2.25. The summed E-state index contributed by atoms with van der Waals surface area (Å²) in [6, 6.07) is 7.31. The number of carbonyl (C=O) groups is 1. The number of rotatable bonds is 3. The predicted molar refractivity (Wildman–Crippen MR) is 91.4 cm³/mol. The summed E-state index contributed by atoms with van der Waals surface area (Å²) in [6.07, 6.45) is 7.78. The van der Waals surface area contributed by atoms with Crippen molar-refractivity contribution in [2.24, 2.45) is 0 Å². The molecule has 3 aromatic heterocycles. The number of amides is 1. The summed E-state index contributed by atoms with van der Waals surface area (Å²) in [5.74, 6) is 1.70. The number of likely N-dealkylation sites (tertiary alicyclic amines) is 1. The fourth-order valence-electron chi connectivity index (χ4n) is 3.06. The number of pyridine rings is 1. The predicted octanol–water partition coefficient (Wildman–Crippen LogP) is 2.00. The molecule has 4 heterocycles. The molecule has 1 atom stereocenters. The molecule has 0 saturated carbocycles. The molecule has 0 spiro atoms. The molecule has 1 fully saturated rings. The highest BCUT2D eigenvalue weighted by Gasteiger charge is 2.29. The second-order valence-electron chi connectivity index (χ2n) is 6.15. The van der Waals surface area contributed by atoms with E-state index in [4.69, 9.17) is 0 Å². The number of aromatic nitrogens is 5. The first-order valence-corrected chi connectivity index (χ1v) is 8.25. The van der Waals surface area contributed by atoms with E-state index in [1.165, 1.54) is 0 Å². The van der Waals surface area contributed by atoms with Crippen molar-refractivity contribution in [1.29, 1.82) is 0 Å². The van der Waals surface area contributed by atoms with Gasteiger partial charge in [0.05, 0.1) is 5.56 Å². The monoisotopic (exact) mass is 334 g/mol. The third-order valence-corrected chi connectivity index (χ3v) is 4.39. The van der Waals surface area contributed by atoms with Gasteiger partial charge in [0, 0.05) is 49.5 Å². The van der Waals surface area contributed by atoms with Crippen molar-refractivity contribution in [3.8, 4) is 5.82 Å². The number of aryl methyl sites for hydroxylation is 1. The van der Waals surface area contributed by atoms with Crippen LogP contribution in [-0.2, 0) is 0 Å². The lowest BCUT2D eigenvalue weighted by Crippen LogP contribution is -2.28. The quantitative estimate of drug-likeness (QED) is 0.732. The lowest BCUT2D eigenvalue weighted by molar-refractivity contribution is 0.0790. The third kappa shape index (κ3) is 3.13. The van der Waals surface area contributed by atoms with Crippen molar-refractivity contribution in [3.63, 3.8) is 0 Å². The molecule has 1 amide bonds. The highest BCUT2D eigenvalue weighted by atomic mass is 16.2. The van der Waals surface area contributed by atoms with Crippen molar-refractivity contribution in [2.45, 2.75) is 19.3 Å². The third-order valence-electron chi connectivity index (χ3n) is 4.39. The van der Waals surface area contributed by atoms with E-state index in [-0.39, 0.29) is 11.8 Å². The molecule has 1 aliphatic heterocycles. The van der Waals surface area contributed by atoms with E-state index in [9.17, 15) is 4.79 Å². The Hall–Kier alpha value is -3.09. The van der Waals surface area contributed by atoms with E-state index >= 15 is 0 Å². The maximum atomic E-state index is 12.7. The summed E-state index contributed by atoms with van der Waals surface area (Å²) in [5, 5.41) is 4.13. The molecule has 0 bridgehead atoms. The van der Waals surface area contributed by atoms with Crippen molar-refractivity contribution in [1.82, 2.24) is 29.6 Å². The van der Waals surface area contributed by atoms with E-state index in [1.54, 1.807) is 35.4 Å². The molecule has 0 radical (unpaired) electrons. The molecular weight excluding hydrogens is 316 g/mol. The molecular formula is C18H18N6O. The zero-order chi connectivity index (χ0) is 17.2. The van der Waals surface area contributed by atoms with Gasteiger partial charge in [-0.05, 0) is 37.6 Å². The Morgan fingerprint density at radius 1 is 1.20 bits per heavy atom. The fraction of sp³-hybridized carbons (Fsp3) is 0.278. The molecule has 0 unspecified atom stereocenters. The SMILES string of the molecule is Cc1ccnc([C@H]2CCN(C(=O)c3ccc(-n4cccn4)nc3)C2)n1. The van der Waals surface area contributed by atoms with Crippen molar-refractivity contribution in [2.75, 3.05) is 13.1 Å². The maximum absolute atomic E-state index is 12.7. The lowest BCUT2D eigenvalue weighted by atomic mass is 10.1. The van der Waals surface area contributed by atoms with Crippen molar-refractivity contribution >= 4 is 5.91 Å². The van der Waals surface area contributed by atoms with E-state index < -0.39 is 0 Å². The second kappa shape index (κ2) is 6.43. The molecule has 126 valence electrons. The summed E-state index contributed by atoms with van der Waals surface area (Å²) in [4.78, 5) is 27.7. The molecule has 0 N–H and O–H groups in total. The Kier molecular flexibility index (Phi) is 3.97. The van der Waals surface area contributed by atoms with Crippen LogP contribution >= 0.6 is 0 Å². The van der Waals surface area contributed by atoms with Gasteiger partial charge in [-0.3, -0.25) is 4.79 Å².